The summed E-state index contributed by atoms with van der Waals surface area (Å²) in [5, 5.41) is 9.19. The molecule has 3 heterocycles. The Kier molecular flexibility index (Phi) is 4.80. The lowest BCUT2D eigenvalue weighted by molar-refractivity contribution is -0.125. The molecule has 22 heavy (non-hydrogen) atoms. The van der Waals surface area contributed by atoms with Gasteiger partial charge >= 0.3 is 0 Å². The van der Waals surface area contributed by atoms with Gasteiger partial charge in [0, 0.05) is 29.4 Å². The van der Waals surface area contributed by atoms with Crippen molar-refractivity contribution in [3.63, 3.8) is 0 Å². The molecule has 5 nitrogen and oxygen atoms in total. The number of aromatic nitrogens is 2. The quantitative estimate of drug-likeness (QED) is 0.907. The van der Waals surface area contributed by atoms with Crippen LogP contribution < -0.4 is 10.6 Å². The molecule has 2 aromatic rings. The van der Waals surface area contributed by atoms with E-state index in [9.17, 15) is 4.79 Å². The monoisotopic (exact) mass is 316 g/mol. The van der Waals surface area contributed by atoms with E-state index >= 15 is 0 Å². The lowest BCUT2D eigenvalue weighted by Crippen LogP contribution is -2.40. The third kappa shape index (κ3) is 3.69. The Labute approximate surface area is 134 Å². The van der Waals surface area contributed by atoms with Crippen molar-refractivity contribution in [2.45, 2.75) is 26.3 Å². The van der Waals surface area contributed by atoms with Crippen molar-refractivity contribution in [2.24, 2.45) is 5.92 Å². The number of piperidine rings is 1. The number of nitrogens with one attached hydrogen (secondary N) is 2. The predicted molar refractivity (Wildman–Crippen MR) is 87.5 cm³/mol. The molecule has 0 radical (unpaired) electrons. The van der Waals surface area contributed by atoms with Crippen LogP contribution in [0.15, 0.2) is 23.7 Å². The Morgan fingerprint density at radius 1 is 1.50 bits per heavy atom. The number of aryl methyl sites for hydroxylation is 1. The average Bonchev–Trinajstić information content (AvgIpc) is 3.03. The minimum atomic E-state index is 0.0921. The molecule has 0 saturated carbocycles. The van der Waals surface area contributed by atoms with Crippen molar-refractivity contribution >= 4 is 17.2 Å². The van der Waals surface area contributed by atoms with Crippen LogP contribution in [0.4, 0.5) is 0 Å². The fourth-order valence-corrected chi connectivity index (χ4v) is 3.27. The standard InChI is InChI=1S/C16H20N4OS/c1-11-4-5-12(8-18-11)14-10-22-15(20-14)9-19-16(21)13-3-2-6-17-7-13/h4-5,8,10,13,17H,2-3,6-7,9H2,1H3,(H,19,21)/t13-/m0/s1. The molecule has 1 fully saturated rings. The van der Waals surface area contributed by atoms with E-state index in [1.807, 2.05) is 30.6 Å². The minimum Gasteiger partial charge on any atom is -0.349 e. The van der Waals surface area contributed by atoms with Crippen LogP contribution in [0.25, 0.3) is 11.3 Å². The second-order valence-electron chi connectivity index (χ2n) is 5.58. The summed E-state index contributed by atoms with van der Waals surface area (Å²) in [7, 11) is 0. The van der Waals surface area contributed by atoms with Gasteiger partial charge in [-0.2, -0.15) is 0 Å². The molecule has 0 spiro atoms. The molecule has 1 aliphatic rings. The zero-order valence-corrected chi connectivity index (χ0v) is 13.4. The summed E-state index contributed by atoms with van der Waals surface area (Å²) >= 11 is 1.57. The third-order valence-electron chi connectivity index (χ3n) is 3.84. The average molecular weight is 316 g/mol. The van der Waals surface area contributed by atoms with Crippen LogP contribution in [0.3, 0.4) is 0 Å². The van der Waals surface area contributed by atoms with Crippen molar-refractivity contribution in [2.75, 3.05) is 13.1 Å². The molecule has 0 bridgehead atoms. The first-order chi connectivity index (χ1) is 10.7. The van der Waals surface area contributed by atoms with Crippen LogP contribution in [0.1, 0.15) is 23.5 Å². The van der Waals surface area contributed by atoms with Gasteiger partial charge in [0.1, 0.15) is 5.01 Å². The summed E-state index contributed by atoms with van der Waals surface area (Å²) in [6.07, 6.45) is 3.87. The first-order valence-electron chi connectivity index (χ1n) is 7.58. The second kappa shape index (κ2) is 6.98. The first kappa shape index (κ1) is 15.1. The lowest BCUT2D eigenvalue weighted by Gasteiger charge is -2.21. The molecule has 3 rings (SSSR count). The van der Waals surface area contributed by atoms with Gasteiger partial charge < -0.3 is 10.6 Å². The van der Waals surface area contributed by atoms with E-state index < -0.39 is 0 Å². The molecule has 116 valence electrons. The molecule has 1 amide bonds. The van der Waals surface area contributed by atoms with Gasteiger partial charge in [0.15, 0.2) is 0 Å². The number of amides is 1. The van der Waals surface area contributed by atoms with E-state index in [-0.39, 0.29) is 11.8 Å². The molecular weight excluding hydrogens is 296 g/mol. The highest BCUT2D eigenvalue weighted by Crippen LogP contribution is 2.21. The van der Waals surface area contributed by atoms with Gasteiger partial charge in [-0.1, -0.05) is 0 Å². The number of thiazole rings is 1. The topological polar surface area (TPSA) is 66.9 Å². The Balaban J connectivity index is 1.57. The largest absolute Gasteiger partial charge is 0.349 e. The molecule has 2 N–H and O–H groups in total. The molecule has 0 unspecified atom stereocenters. The lowest BCUT2D eigenvalue weighted by atomic mass is 9.99. The Bertz CT molecular complexity index is 632. The number of rotatable bonds is 4. The first-order valence-corrected chi connectivity index (χ1v) is 8.46. The Morgan fingerprint density at radius 3 is 3.14 bits per heavy atom. The van der Waals surface area contributed by atoms with Gasteiger partial charge in [-0.3, -0.25) is 9.78 Å². The molecule has 0 aromatic carbocycles. The third-order valence-corrected chi connectivity index (χ3v) is 4.69. The summed E-state index contributed by atoms with van der Waals surface area (Å²) in [6, 6.07) is 4.00. The van der Waals surface area contributed by atoms with Gasteiger partial charge in [0.05, 0.1) is 18.2 Å². The zero-order chi connectivity index (χ0) is 15.4. The fraction of sp³-hybridized carbons (Fsp3) is 0.438. The van der Waals surface area contributed by atoms with E-state index in [1.165, 1.54) is 0 Å². The molecule has 2 aromatic heterocycles. The highest BCUT2D eigenvalue weighted by molar-refractivity contribution is 7.09. The van der Waals surface area contributed by atoms with Gasteiger partial charge in [0.2, 0.25) is 5.91 Å². The van der Waals surface area contributed by atoms with Gasteiger partial charge in [-0.05, 0) is 38.4 Å². The maximum Gasteiger partial charge on any atom is 0.224 e. The minimum absolute atomic E-state index is 0.0921. The van der Waals surface area contributed by atoms with Crippen LogP contribution in [0.2, 0.25) is 0 Å². The highest BCUT2D eigenvalue weighted by Gasteiger charge is 2.20. The molecule has 1 atom stereocenters. The van der Waals surface area contributed by atoms with Crippen molar-refractivity contribution in [3.05, 3.63) is 34.4 Å². The normalized spacial score (nSPS) is 18.1. The smallest absolute Gasteiger partial charge is 0.224 e. The molecule has 1 saturated heterocycles. The Morgan fingerprint density at radius 2 is 2.41 bits per heavy atom. The SMILES string of the molecule is Cc1ccc(-c2csc(CNC(=O)[C@H]3CCCNC3)n2)cn1. The van der Waals surface area contributed by atoms with E-state index in [2.05, 4.69) is 20.6 Å². The number of hydrogen-bond donors (Lipinski definition) is 2. The van der Waals surface area contributed by atoms with E-state index in [4.69, 9.17) is 0 Å². The molecule has 6 heteroatoms. The van der Waals surface area contributed by atoms with Crippen LogP contribution >= 0.6 is 11.3 Å². The van der Waals surface area contributed by atoms with Gasteiger partial charge in [-0.15, -0.1) is 11.3 Å². The maximum atomic E-state index is 12.1. The van der Waals surface area contributed by atoms with Crippen LogP contribution in [-0.4, -0.2) is 29.0 Å². The van der Waals surface area contributed by atoms with Crippen LogP contribution in [-0.2, 0) is 11.3 Å². The van der Waals surface area contributed by atoms with E-state index in [0.29, 0.717) is 6.54 Å². The number of carbonyl (C=O) groups is 1. The molecule has 1 aliphatic heterocycles. The summed E-state index contributed by atoms with van der Waals surface area (Å²) < 4.78 is 0. The van der Waals surface area contributed by atoms with Gasteiger partial charge in [-0.25, -0.2) is 4.98 Å². The number of nitrogens with zero attached hydrogens (tertiary/aromatic N) is 2. The van der Waals surface area contributed by atoms with Gasteiger partial charge in [0.25, 0.3) is 0 Å². The van der Waals surface area contributed by atoms with E-state index in [1.54, 1.807) is 11.3 Å². The van der Waals surface area contributed by atoms with Crippen molar-refractivity contribution in [1.82, 2.24) is 20.6 Å². The summed E-state index contributed by atoms with van der Waals surface area (Å²) in [6.45, 7) is 4.26. The van der Waals surface area contributed by atoms with Crippen molar-refractivity contribution < 1.29 is 4.79 Å². The zero-order valence-electron chi connectivity index (χ0n) is 12.6. The number of pyridine rings is 1. The molecular formula is C16H20N4OS. The van der Waals surface area contributed by atoms with Crippen molar-refractivity contribution in [1.29, 1.82) is 0 Å². The summed E-state index contributed by atoms with van der Waals surface area (Å²) in [5.41, 5.74) is 2.92. The summed E-state index contributed by atoms with van der Waals surface area (Å²) in [4.78, 5) is 21.0. The van der Waals surface area contributed by atoms with Crippen LogP contribution in [0.5, 0.6) is 0 Å². The van der Waals surface area contributed by atoms with E-state index in [0.717, 1.165) is 47.9 Å². The van der Waals surface area contributed by atoms with Crippen LogP contribution in [0, 0.1) is 12.8 Å². The van der Waals surface area contributed by atoms with Crippen molar-refractivity contribution in [3.8, 4) is 11.3 Å². The second-order valence-corrected chi connectivity index (χ2v) is 6.52. The highest BCUT2D eigenvalue weighted by atomic mass is 32.1. The Hall–Kier alpha value is -1.79. The number of carbonyl (C=O) groups excluding carboxylic acids is 1. The fourth-order valence-electron chi connectivity index (χ4n) is 2.53. The molecule has 0 aliphatic carbocycles. The summed E-state index contributed by atoms with van der Waals surface area (Å²) in [5.74, 6) is 0.218. The number of hydrogen-bond acceptors (Lipinski definition) is 5. The predicted octanol–water partition coefficient (Wildman–Crippen LogP) is 2.13. The maximum absolute atomic E-state index is 12.1.